The van der Waals surface area contributed by atoms with E-state index in [0.29, 0.717) is 42.5 Å². The van der Waals surface area contributed by atoms with Crippen LogP contribution in [0.4, 0.5) is 0 Å². The molecule has 0 radical (unpaired) electrons. The molecule has 0 saturated carbocycles. The Morgan fingerprint density at radius 1 is 0.639 bits per heavy atom. The molecule has 0 bridgehead atoms. The molecule has 0 aromatic heterocycles. The number of hydrogen-bond acceptors (Lipinski definition) is 11. The molecule has 3 aromatic carbocycles. The summed E-state index contributed by atoms with van der Waals surface area (Å²) in [4.78, 5) is 123. The van der Waals surface area contributed by atoms with Gasteiger partial charge in [0.25, 0.3) is 0 Å². The Labute approximate surface area is 417 Å². The Kier molecular flexibility index (Phi) is 21.0. The summed E-state index contributed by atoms with van der Waals surface area (Å²) in [5.41, 5.74) is 12.9. The summed E-state index contributed by atoms with van der Waals surface area (Å²) in [6.07, 6.45) is 1.59. The molecule has 14 N–H and O–H groups in total. The van der Waals surface area contributed by atoms with Crippen molar-refractivity contribution in [2.24, 2.45) is 11.5 Å². The van der Waals surface area contributed by atoms with Crippen LogP contribution in [0.15, 0.2) is 91.0 Å². The van der Waals surface area contributed by atoms with Gasteiger partial charge in [-0.15, -0.1) is 0 Å². The Morgan fingerprint density at radius 3 is 1.61 bits per heavy atom. The minimum atomic E-state index is -1.67. The fourth-order valence-corrected chi connectivity index (χ4v) is 8.54. The van der Waals surface area contributed by atoms with E-state index in [0.717, 1.165) is 6.42 Å². The van der Waals surface area contributed by atoms with Crippen LogP contribution in [-0.4, -0.2) is 137 Å². The lowest BCUT2D eigenvalue weighted by Gasteiger charge is -2.29. The van der Waals surface area contributed by atoms with Crippen LogP contribution in [0.2, 0.25) is 0 Å². The lowest BCUT2D eigenvalue weighted by atomic mass is 10.0. The van der Waals surface area contributed by atoms with Gasteiger partial charge in [-0.2, -0.15) is 0 Å². The highest BCUT2D eigenvalue weighted by Crippen LogP contribution is 2.20. The molecule has 22 heteroatoms. The summed E-state index contributed by atoms with van der Waals surface area (Å²) >= 11 is 0. The summed E-state index contributed by atoms with van der Waals surface area (Å²) in [6.45, 7) is 2.36. The molecule has 2 fully saturated rings. The molecular formula is C50H66N12O10. The molecule has 2 aliphatic rings. The van der Waals surface area contributed by atoms with Gasteiger partial charge in [0.1, 0.15) is 42.3 Å². The van der Waals surface area contributed by atoms with E-state index in [2.05, 4.69) is 42.5 Å². The van der Waals surface area contributed by atoms with Gasteiger partial charge in [0.15, 0.2) is 5.96 Å². The van der Waals surface area contributed by atoms with Crippen molar-refractivity contribution in [3.8, 4) is 0 Å². The molecule has 3 aromatic rings. The van der Waals surface area contributed by atoms with Crippen LogP contribution < -0.4 is 54.0 Å². The van der Waals surface area contributed by atoms with E-state index in [1.165, 1.54) is 11.8 Å². The van der Waals surface area contributed by atoms with Crippen molar-refractivity contribution >= 4 is 59.2 Å². The second-order valence-electron chi connectivity index (χ2n) is 17.9. The molecule has 22 nitrogen and oxygen atoms in total. The van der Waals surface area contributed by atoms with E-state index in [-0.39, 0.29) is 51.2 Å². The van der Waals surface area contributed by atoms with Crippen molar-refractivity contribution in [3.63, 3.8) is 0 Å². The number of hydrogen-bond donors (Lipinski definition) is 12. The number of carboxylic acid groups (broad SMARTS) is 1. The highest BCUT2D eigenvalue weighted by atomic mass is 16.4. The number of primary amides is 1. The molecule has 0 aliphatic carbocycles. The minimum Gasteiger partial charge on any atom is -0.480 e. The number of rotatable bonds is 26. The predicted molar refractivity (Wildman–Crippen MR) is 264 cm³/mol. The monoisotopic (exact) mass is 995 g/mol. The van der Waals surface area contributed by atoms with Gasteiger partial charge in [0, 0.05) is 32.4 Å². The number of guanidine groups is 1. The molecule has 5 rings (SSSR count). The number of aliphatic carboxylic acids is 1. The van der Waals surface area contributed by atoms with Crippen LogP contribution >= 0.6 is 0 Å². The average molecular weight is 995 g/mol. The van der Waals surface area contributed by atoms with E-state index in [9.17, 15) is 48.3 Å². The van der Waals surface area contributed by atoms with Crippen molar-refractivity contribution in [2.45, 2.75) is 119 Å². The van der Waals surface area contributed by atoms with Gasteiger partial charge in [-0.25, -0.2) is 4.79 Å². The van der Waals surface area contributed by atoms with Crippen LogP contribution in [0.1, 0.15) is 68.6 Å². The smallest absolute Gasteiger partial charge is 0.326 e. The largest absolute Gasteiger partial charge is 0.480 e. The predicted octanol–water partition coefficient (Wildman–Crippen LogP) is -1.39. The maximum Gasteiger partial charge on any atom is 0.326 e. The summed E-state index contributed by atoms with van der Waals surface area (Å²) in [6, 6.07) is 16.4. The van der Waals surface area contributed by atoms with Crippen LogP contribution in [0.25, 0.3) is 0 Å². The summed E-state index contributed by atoms with van der Waals surface area (Å²) < 4.78 is 0. The van der Waals surface area contributed by atoms with Crippen LogP contribution in [0.3, 0.4) is 0 Å². The number of nitrogens with zero attached hydrogens (tertiary/aromatic N) is 1. The third kappa shape index (κ3) is 17.2. The van der Waals surface area contributed by atoms with Gasteiger partial charge in [0.05, 0.1) is 12.5 Å². The Morgan fingerprint density at radius 2 is 1.12 bits per heavy atom. The maximum atomic E-state index is 14.5. The second kappa shape index (κ2) is 27.5. The summed E-state index contributed by atoms with van der Waals surface area (Å²) in [7, 11) is 0. The van der Waals surface area contributed by atoms with E-state index in [4.69, 9.17) is 16.9 Å². The Balaban J connectivity index is 1.34. The average Bonchev–Trinajstić information content (AvgIpc) is 4.09. The molecule has 8 atom stereocenters. The molecule has 386 valence electrons. The zero-order valence-electron chi connectivity index (χ0n) is 40.2. The topological polar surface area (TPSA) is 349 Å². The van der Waals surface area contributed by atoms with Gasteiger partial charge >= 0.3 is 5.97 Å². The van der Waals surface area contributed by atoms with Crippen LogP contribution in [0, 0.1) is 5.41 Å². The number of carbonyl (C=O) groups is 9. The fourth-order valence-electron chi connectivity index (χ4n) is 8.54. The summed E-state index contributed by atoms with van der Waals surface area (Å²) in [5, 5.41) is 39.0. The summed E-state index contributed by atoms with van der Waals surface area (Å²) in [5.74, 6) is -7.66. The number of nitrogens with one attached hydrogen (secondary N) is 9. The highest BCUT2D eigenvalue weighted by molar-refractivity contribution is 5.99. The third-order valence-corrected chi connectivity index (χ3v) is 12.3. The molecule has 8 amide bonds. The Hall–Kier alpha value is -7.88. The van der Waals surface area contributed by atoms with Crippen molar-refractivity contribution in [2.75, 3.05) is 19.6 Å². The zero-order chi connectivity index (χ0) is 52.2. The molecule has 0 spiro atoms. The molecular weight excluding hydrogens is 929 g/mol. The third-order valence-electron chi connectivity index (χ3n) is 12.3. The van der Waals surface area contributed by atoms with Crippen LogP contribution in [-0.2, 0) is 62.4 Å². The standard InChI is InChI=1S/C50H66N12O10/c1-30(42(64)61-39(28-33-18-9-4-10-19-33)48(70)62-25-13-22-40(62)49(71)72)56-45(67)38(29-41(51)63)60-47(69)37(27-32-16-7-3-8-17-32)59-46(68)36(26-31-14-5-2-6-15-31)58-44(66)35(21-12-24-55-50(52)53)57-43(65)34-20-11-23-54-34/h2-10,14-19,30,34-40,54H,11-13,20-29H2,1H3,(H2,51,63)(H,56,67)(H,57,65)(H,58,66)(H,59,68)(H,60,69)(H,61,64)(H,71,72)(H4,52,53,55)/t30-,34-,35-,36+,37+,38-,39-,40+/m0/s1. The van der Waals surface area contributed by atoms with E-state index >= 15 is 0 Å². The lowest BCUT2D eigenvalue weighted by Crippen LogP contribution is -2.61. The van der Waals surface area contributed by atoms with Gasteiger partial charge in [-0.3, -0.25) is 43.8 Å². The lowest BCUT2D eigenvalue weighted by molar-refractivity contribution is -0.149. The van der Waals surface area contributed by atoms with Gasteiger partial charge in [-0.1, -0.05) is 91.0 Å². The van der Waals surface area contributed by atoms with Gasteiger partial charge < -0.3 is 64.0 Å². The quantitative estimate of drug-likeness (QED) is 0.0251. The minimum absolute atomic E-state index is 0.00883. The zero-order valence-corrected chi connectivity index (χ0v) is 40.2. The van der Waals surface area contributed by atoms with Gasteiger partial charge in [0.2, 0.25) is 47.3 Å². The molecule has 0 unspecified atom stereocenters. The van der Waals surface area contributed by atoms with E-state index in [1.54, 1.807) is 91.0 Å². The molecule has 2 aliphatic heterocycles. The molecule has 2 heterocycles. The number of carboxylic acids is 1. The second-order valence-corrected chi connectivity index (χ2v) is 17.9. The first-order chi connectivity index (χ1) is 34.5. The number of amides is 8. The number of carbonyl (C=O) groups excluding carboxylic acids is 8. The molecule has 72 heavy (non-hydrogen) atoms. The first-order valence-electron chi connectivity index (χ1n) is 24.1. The van der Waals surface area contributed by atoms with E-state index in [1.807, 2.05) is 0 Å². The van der Waals surface area contributed by atoms with Crippen molar-refractivity contribution in [1.29, 1.82) is 5.41 Å². The molecule has 2 saturated heterocycles. The highest BCUT2D eigenvalue weighted by Gasteiger charge is 2.39. The number of benzene rings is 3. The van der Waals surface area contributed by atoms with Crippen molar-refractivity contribution in [1.82, 2.24) is 47.4 Å². The first-order valence-corrected chi connectivity index (χ1v) is 24.1. The van der Waals surface area contributed by atoms with Crippen LogP contribution in [0.5, 0.6) is 0 Å². The Bertz CT molecular complexity index is 2370. The van der Waals surface area contributed by atoms with E-state index < -0.39 is 108 Å². The first kappa shape index (κ1) is 55.1. The SMILES string of the molecule is C[C@H](NC(=O)[C@H](CC(N)=O)NC(=O)[C@@H](Cc1ccccc1)NC(=O)[C@@H](Cc1ccccc1)NC(=O)[C@H](CCCNC(=N)N)NC(=O)[C@@H]1CCCN1)C(=O)N[C@@H](Cc1ccccc1)C(=O)N1CCC[C@@H]1C(=O)O. The van der Waals surface area contributed by atoms with Gasteiger partial charge in [-0.05, 0) is 68.7 Å². The normalized spacial score (nSPS) is 17.6. The fraction of sp³-hybridized carbons (Fsp3) is 0.440. The maximum absolute atomic E-state index is 14.5. The van der Waals surface area contributed by atoms with Crippen molar-refractivity contribution < 1.29 is 48.3 Å². The number of likely N-dealkylation sites (tertiary alicyclic amines) is 1. The van der Waals surface area contributed by atoms with Crippen molar-refractivity contribution in [3.05, 3.63) is 108 Å². The number of nitrogens with two attached hydrogens (primary N) is 2.